The number of imidazole rings is 1. The Morgan fingerprint density at radius 3 is 1.56 bits per heavy atom. The van der Waals surface area contributed by atoms with E-state index in [0.29, 0.717) is 11.5 Å². The minimum atomic E-state index is -0.646. The smallest absolute Gasteiger partial charge is 0.0622 e. The summed E-state index contributed by atoms with van der Waals surface area (Å²) in [5, 5.41) is 0. The molecule has 0 radical (unpaired) electrons. The maximum absolute atomic E-state index is 7.03. The van der Waals surface area contributed by atoms with E-state index in [1.54, 1.807) is 0 Å². The molecule has 2 aliphatic rings. The van der Waals surface area contributed by atoms with Crippen LogP contribution in [0.1, 0.15) is 27.8 Å². The number of hydrogen-bond donors (Lipinski definition) is 0. The number of fused-ring (bicyclic) bond motifs is 10. The molecule has 0 unspecified atom stereocenters. The van der Waals surface area contributed by atoms with Crippen LogP contribution in [0.25, 0.3) is 78.0 Å². The van der Waals surface area contributed by atoms with Crippen LogP contribution in [0.4, 0.5) is 17.2 Å². The number of hydrogen-bond acceptors (Lipinski definition) is 3. The molecule has 382 valence electrons. The van der Waals surface area contributed by atoms with E-state index in [4.69, 9.17) is 9.72 Å². The van der Waals surface area contributed by atoms with Crippen molar-refractivity contribution in [2.75, 3.05) is 4.90 Å². The third kappa shape index (κ3) is 7.57. The fraction of sp³-hybridized carbons (Fsp3) is 0.0270. The normalized spacial score (nSPS) is 12.7. The summed E-state index contributed by atoms with van der Waals surface area (Å²) in [6, 6.07) is 103. The summed E-state index contributed by atoms with van der Waals surface area (Å²) in [5.41, 5.74) is 22.8. The first kappa shape index (κ1) is 47.5. The number of pyridine rings is 1. The average molecular weight is 1200 g/mol. The second-order valence-corrected chi connectivity index (χ2v) is 21.4. The molecule has 3 heterocycles. The Kier molecular flexibility index (Phi) is 11.5. The van der Waals surface area contributed by atoms with Gasteiger partial charge in [0.2, 0.25) is 0 Å². The van der Waals surface area contributed by atoms with Crippen LogP contribution >= 0.6 is 0 Å². The van der Waals surface area contributed by atoms with Crippen molar-refractivity contribution in [3.05, 3.63) is 317 Å². The molecule has 6 heteroatoms. The minimum absolute atomic E-state index is 0.565. The Balaban J connectivity index is 0.871. The van der Waals surface area contributed by atoms with Gasteiger partial charge in [-0.2, -0.15) is 0 Å². The topological polar surface area (TPSA) is 35.2 Å². The number of ether oxygens (including phenoxy) is 1. The van der Waals surface area contributed by atoms with Gasteiger partial charge in [0.05, 0.1) is 0 Å². The van der Waals surface area contributed by atoms with Crippen LogP contribution < -0.4 is 9.64 Å². The Morgan fingerprint density at radius 2 is 0.912 bits per heavy atom. The third-order valence-electron chi connectivity index (χ3n) is 16.0. The Labute approximate surface area is 476 Å². The fourth-order valence-electron chi connectivity index (χ4n) is 12.5. The zero-order chi connectivity index (χ0) is 53.3. The molecule has 0 bridgehead atoms. The Hall–Kier alpha value is -9.67. The number of aromatic nitrogens is 3. The molecular weight excluding hydrogens is 1160 g/mol. The first-order valence-corrected chi connectivity index (χ1v) is 28.1. The molecule has 1 aliphatic heterocycles. The number of para-hydroxylation sites is 4. The van der Waals surface area contributed by atoms with Gasteiger partial charge < -0.3 is 0 Å². The standard InChI is InChI=1S/C74H48N4O.Pt/c1-50-45-72(75-48-63(50)55-41-39-52(40-42-55)51-21-5-2-6-22-51)78-68-36-16-15-35-66(68)74(64-33-13-11-29-61(64)62-30-12-14-34-65(62)74)67-44-43-58(47-71(67)78)79-57-28-19-27-56(46-57)76-49-77(70-38-18-17-37-69(70)76)73-59(53-23-7-3-8-24-53)31-20-32-60(73)54-25-9-4-10-26-54;/h2-45,48H,1H3;/q-2;. The Bertz CT molecular complexity index is 4500. The summed E-state index contributed by atoms with van der Waals surface area (Å²) in [4.78, 5) is 7.62. The minimum Gasteiger partial charge on any atom is -0.0622 e. The number of nitrogens with zero attached hydrogens (tertiary/aromatic N) is 4. The quantitative estimate of drug-likeness (QED) is 0.135. The van der Waals surface area contributed by atoms with Gasteiger partial charge in [-0.15, -0.1) is 0 Å². The monoisotopic (exact) mass is 1200 g/mol. The molecule has 15 rings (SSSR count). The summed E-state index contributed by atoms with van der Waals surface area (Å²) in [6.45, 7) is 2.18. The van der Waals surface area contributed by atoms with E-state index in [-0.39, 0.29) is 0 Å². The van der Waals surface area contributed by atoms with E-state index in [9.17, 15) is 0 Å². The van der Waals surface area contributed by atoms with Crippen molar-refractivity contribution in [1.82, 2.24) is 14.1 Å². The van der Waals surface area contributed by atoms with Crippen molar-refractivity contribution in [2.24, 2.45) is 0 Å². The van der Waals surface area contributed by atoms with Gasteiger partial charge in [0, 0.05) is 11.8 Å². The molecule has 0 N–H and O–H groups in total. The molecule has 0 saturated heterocycles. The average Bonchev–Trinajstić information content (AvgIpc) is 3.57. The second kappa shape index (κ2) is 19.4. The van der Waals surface area contributed by atoms with E-state index in [2.05, 4.69) is 313 Å². The van der Waals surface area contributed by atoms with Crippen LogP contribution in [0.3, 0.4) is 0 Å². The number of aryl methyl sites for hydroxylation is 1. The summed E-state index contributed by atoms with van der Waals surface area (Å²) in [5.74, 6) is 1.93. The third-order valence-corrected chi connectivity index (χ3v) is 17.0. The molecule has 2 aromatic heterocycles. The first-order chi connectivity index (χ1) is 39.5. The van der Waals surface area contributed by atoms with Crippen molar-refractivity contribution in [3.8, 4) is 78.5 Å². The molecule has 0 fully saturated rings. The van der Waals surface area contributed by atoms with Crippen LogP contribution in [0.5, 0.6) is 11.5 Å². The summed E-state index contributed by atoms with van der Waals surface area (Å²) < 4.78 is 12.7. The molecule has 0 amide bonds. The van der Waals surface area contributed by atoms with Crippen LogP contribution in [0, 0.1) is 22.9 Å². The summed E-state index contributed by atoms with van der Waals surface area (Å²) >= 11 is 2.49. The molecule has 1 aliphatic carbocycles. The van der Waals surface area contributed by atoms with Gasteiger partial charge in [0.25, 0.3) is 0 Å². The zero-order valence-electron chi connectivity index (χ0n) is 43.5. The maximum atomic E-state index is 7.03. The van der Waals surface area contributed by atoms with Crippen LogP contribution in [-0.4, -0.2) is 14.1 Å². The van der Waals surface area contributed by atoms with Gasteiger partial charge in [-0.3, -0.25) is 0 Å². The van der Waals surface area contributed by atoms with Crippen LogP contribution in [0.2, 0.25) is 0 Å². The Morgan fingerprint density at radius 1 is 0.412 bits per heavy atom. The molecule has 13 aromatic rings. The predicted octanol–water partition coefficient (Wildman–Crippen LogP) is 18.4. The van der Waals surface area contributed by atoms with Gasteiger partial charge in [0.1, 0.15) is 0 Å². The number of anilines is 3. The van der Waals surface area contributed by atoms with Crippen LogP contribution in [0.15, 0.2) is 273 Å². The summed E-state index contributed by atoms with van der Waals surface area (Å²) in [7, 11) is 0. The molecule has 0 atom stereocenters. The van der Waals surface area contributed by atoms with Gasteiger partial charge in [0.15, 0.2) is 0 Å². The van der Waals surface area contributed by atoms with E-state index in [0.717, 1.165) is 87.9 Å². The SMILES string of the molecule is Cc1cc(N2c3[c-]c(Oc4[c-]c(-n5[c](=[Pt])n(-c6c(-c7ccccc7)cccc6-c6ccccc6)c6ccccc65)ccc4)ccc3C3(c4ccccc4-c4ccccc43)c3ccccc32)ncc1-c1ccc(-c2ccccc2)cc1. The fourth-order valence-corrected chi connectivity index (χ4v) is 13.6. The van der Waals surface area contributed by atoms with Gasteiger partial charge in [-0.25, -0.2) is 0 Å². The molecule has 80 heavy (non-hydrogen) atoms. The van der Waals surface area contributed by atoms with E-state index in [1.165, 1.54) is 38.9 Å². The first-order valence-electron chi connectivity index (χ1n) is 26.9. The van der Waals surface area contributed by atoms with Crippen molar-refractivity contribution >= 4 is 28.2 Å². The van der Waals surface area contributed by atoms with Crippen molar-refractivity contribution in [2.45, 2.75) is 12.3 Å². The van der Waals surface area contributed by atoms with Crippen LogP contribution in [-0.2, 0) is 24.8 Å². The van der Waals surface area contributed by atoms with E-state index >= 15 is 0 Å². The zero-order valence-corrected chi connectivity index (χ0v) is 45.8. The van der Waals surface area contributed by atoms with Crippen molar-refractivity contribution in [1.29, 1.82) is 0 Å². The predicted molar refractivity (Wildman–Crippen MR) is 320 cm³/mol. The molecule has 5 nitrogen and oxygen atoms in total. The van der Waals surface area contributed by atoms with Gasteiger partial charge in [-0.1, -0.05) is 121 Å². The second-order valence-electron chi connectivity index (χ2n) is 20.4. The molecular formula is C74H48N4OPt-2. The molecule has 1 spiro atoms. The molecule has 11 aromatic carbocycles. The number of rotatable bonds is 9. The van der Waals surface area contributed by atoms with E-state index < -0.39 is 5.41 Å². The summed E-state index contributed by atoms with van der Waals surface area (Å²) in [6.07, 6.45) is 2.02. The van der Waals surface area contributed by atoms with Crippen molar-refractivity contribution < 1.29 is 24.1 Å². The van der Waals surface area contributed by atoms with Gasteiger partial charge >= 0.3 is 306 Å². The van der Waals surface area contributed by atoms with E-state index in [1.807, 2.05) is 12.3 Å². The number of benzene rings is 11. The molecule has 0 saturated carbocycles. The van der Waals surface area contributed by atoms with Crippen molar-refractivity contribution in [3.63, 3.8) is 0 Å². The van der Waals surface area contributed by atoms with Gasteiger partial charge in [-0.05, 0) is 40.3 Å².